The molecule has 0 saturated carbocycles. The van der Waals surface area contributed by atoms with Crippen molar-refractivity contribution >= 4 is 12.2 Å². The van der Waals surface area contributed by atoms with Crippen LogP contribution in [0.1, 0.15) is 18.4 Å². The number of hydrogen-bond acceptors (Lipinski definition) is 3. The van der Waals surface area contributed by atoms with Gasteiger partial charge in [-0.05, 0) is 31.4 Å². The highest BCUT2D eigenvalue weighted by Gasteiger charge is 2.20. The molecule has 1 unspecified atom stereocenters. The number of amides is 1. The van der Waals surface area contributed by atoms with E-state index in [1.54, 1.807) is 0 Å². The fourth-order valence-electron chi connectivity index (χ4n) is 2.60. The quantitative estimate of drug-likeness (QED) is 0.794. The minimum absolute atomic E-state index is 0.0486. The van der Waals surface area contributed by atoms with Crippen LogP contribution in [-0.2, 0) is 16.0 Å². The second kappa shape index (κ2) is 7.80. The second-order valence-corrected chi connectivity index (χ2v) is 5.36. The summed E-state index contributed by atoms with van der Waals surface area (Å²) >= 11 is 0. The summed E-state index contributed by atoms with van der Waals surface area (Å²) in [4.78, 5) is 24.7. The first-order chi connectivity index (χ1) is 9.78. The molecule has 1 fully saturated rings. The summed E-state index contributed by atoms with van der Waals surface area (Å²) in [6.45, 7) is 2.69. The van der Waals surface area contributed by atoms with E-state index in [2.05, 4.69) is 22.3 Å². The average Bonchev–Trinajstić information content (AvgIpc) is 2.48. The molecule has 4 heteroatoms. The molecule has 0 aliphatic carbocycles. The van der Waals surface area contributed by atoms with Crippen molar-refractivity contribution < 1.29 is 9.59 Å². The maximum atomic E-state index is 11.9. The maximum absolute atomic E-state index is 11.9. The minimum Gasteiger partial charge on any atom is -0.355 e. The van der Waals surface area contributed by atoms with Crippen LogP contribution in [0.2, 0.25) is 0 Å². The number of piperidine rings is 1. The van der Waals surface area contributed by atoms with Gasteiger partial charge in [0, 0.05) is 19.0 Å². The molecule has 0 radical (unpaired) electrons. The summed E-state index contributed by atoms with van der Waals surface area (Å²) in [7, 11) is 0. The zero-order valence-electron chi connectivity index (χ0n) is 11.8. The predicted octanol–water partition coefficient (Wildman–Crippen LogP) is 1.26. The summed E-state index contributed by atoms with van der Waals surface area (Å²) in [5, 5.41) is 2.94. The SMILES string of the molecule is O=CC1CCCN(CC(=O)NCCc2ccccc2)C1. The van der Waals surface area contributed by atoms with Crippen molar-refractivity contribution in [3.63, 3.8) is 0 Å². The third kappa shape index (κ3) is 4.78. The molecule has 1 saturated heterocycles. The van der Waals surface area contributed by atoms with Crippen molar-refractivity contribution in [2.75, 3.05) is 26.2 Å². The Balaban J connectivity index is 1.66. The molecule has 20 heavy (non-hydrogen) atoms. The number of carbonyl (C=O) groups is 2. The van der Waals surface area contributed by atoms with E-state index >= 15 is 0 Å². The molecule has 1 N–H and O–H groups in total. The highest BCUT2D eigenvalue weighted by atomic mass is 16.2. The van der Waals surface area contributed by atoms with E-state index < -0.39 is 0 Å². The van der Waals surface area contributed by atoms with E-state index in [4.69, 9.17) is 0 Å². The number of nitrogens with one attached hydrogen (secondary N) is 1. The lowest BCUT2D eigenvalue weighted by molar-refractivity contribution is -0.123. The van der Waals surface area contributed by atoms with Gasteiger partial charge in [-0.3, -0.25) is 9.69 Å². The molecule has 4 nitrogen and oxygen atoms in total. The number of carbonyl (C=O) groups excluding carboxylic acids is 2. The average molecular weight is 274 g/mol. The van der Waals surface area contributed by atoms with Crippen LogP contribution in [0.15, 0.2) is 30.3 Å². The molecule has 0 spiro atoms. The van der Waals surface area contributed by atoms with Gasteiger partial charge in [0.25, 0.3) is 0 Å². The zero-order valence-corrected chi connectivity index (χ0v) is 11.8. The Hall–Kier alpha value is -1.68. The normalized spacial score (nSPS) is 19.5. The van der Waals surface area contributed by atoms with Crippen LogP contribution in [-0.4, -0.2) is 43.3 Å². The molecule has 1 amide bonds. The van der Waals surface area contributed by atoms with Crippen LogP contribution >= 0.6 is 0 Å². The third-order valence-electron chi connectivity index (χ3n) is 3.68. The van der Waals surface area contributed by atoms with E-state index in [-0.39, 0.29) is 11.8 Å². The first-order valence-corrected chi connectivity index (χ1v) is 7.26. The molecule has 0 bridgehead atoms. The first kappa shape index (κ1) is 14.7. The van der Waals surface area contributed by atoms with Crippen molar-refractivity contribution in [3.05, 3.63) is 35.9 Å². The van der Waals surface area contributed by atoms with Gasteiger partial charge in [0.2, 0.25) is 5.91 Å². The van der Waals surface area contributed by atoms with Gasteiger partial charge in [-0.15, -0.1) is 0 Å². The monoisotopic (exact) mass is 274 g/mol. The van der Waals surface area contributed by atoms with Gasteiger partial charge >= 0.3 is 0 Å². The van der Waals surface area contributed by atoms with Crippen molar-refractivity contribution in [2.24, 2.45) is 5.92 Å². The van der Waals surface area contributed by atoms with E-state index in [1.807, 2.05) is 18.2 Å². The highest BCUT2D eigenvalue weighted by molar-refractivity contribution is 5.78. The van der Waals surface area contributed by atoms with E-state index in [0.29, 0.717) is 13.1 Å². The number of hydrogen-bond donors (Lipinski definition) is 1. The summed E-state index contributed by atoms with van der Waals surface area (Å²) in [5.74, 6) is 0.147. The molecular formula is C16H22N2O2. The topological polar surface area (TPSA) is 49.4 Å². The molecule has 1 heterocycles. The molecule has 1 aliphatic rings. The Morgan fingerprint density at radius 1 is 1.35 bits per heavy atom. The molecule has 1 aromatic carbocycles. The first-order valence-electron chi connectivity index (χ1n) is 7.26. The number of likely N-dealkylation sites (tertiary alicyclic amines) is 1. The van der Waals surface area contributed by atoms with Crippen LogP contribution in [0.25, 0.3) is 0 Å². The van der Waals surface area contributed by atoms with Crippen molar-refractivity contribution in [2.45, 2.75) is 19.3 Å². The molecular weight excluding hydrogens is 252 g/mol. The van der Waals surface area contributed by atoms with Crippen LogP contribution in [0.3, 0.4) is 0 Å². The Kier molecular flexibility index (Phi) is 5.74. The fraction of sp³-hybridized carbons (Fsp3) is 0.500. The second-order valence-electron chi connectivity index (χ2n) is 5.36. The minimum atomic E-state index is 0.0486. The van der Waals surface area contributed by atoms with E-state index in [0.717, 1.165) is 38.6 Å². The van der Waals surface area contributed by atoms with Gasteiger partial charge in [0.1, 0.15) is 6.29 Å². The Morgan fingerprint density at radius 3 is 2.90 bits per heavy atom. The van der Waals surface area contributed by atoms with Gasteiger partial charge < -0.3 is 10.1 Å². The molecule has 2 rings (SSSR count). The molecule has 1 atom stereocenters. The summed E-state index contributed by atoms with van der Waals surface area (Å²) in [6, 6.07) is 10.1. The lowest BCUT2D eigenvalue weighted by Crippen LogP contribution is -2.43. The number of aldehydes is 1. The van der Waals surface area contributed by atoms with Gasteiger partial charge in [-0.1, -0.05) is 30.3 Å². The lowest BCUT2D eigenvalue weighted by Gasteiger charge is -2.29. The van der Waals surface area contributed by atoms with Gasteiger partial charge in [0.15, 0.2) is 0 Å². The predicted molar refractivity (Wildman–Crippen MR) is 78.4 cm³/mol. The Bertz CT molecular complexity index is 433. The highest BCUT2D eigenvalue weighted by Crippen LogP contribution is 2.13. The number of rotatable bonds is 6. The Labute approximate surface area is 120 Å². The molecule has 108 valence electrons. The summed E-state index contributed by atoms with van der Waals surface area (Å²) < 4.78 is 0. The Morgan fingerprint density at radius 2 is 2.15 bits per heavy atom. The number of benzene rings is 1. The molecule has 1 aliphatic heterocycles. The summed E-state index contributed by atoms with van der Waals surface area (Å²) in [5.41, 5.74) is 1.23. The lowest BCUT2D eigenvalue weighted by atomic mass is 10.00. The van der Waals surface area contributed by atoms with Gasteiger partial charge in [-0.2, -0.15) is 0 Å². The molecule has 0 aromatic heterocycles. The van der Waals surface area contributed by atoms with Gasteiger partial charge in [-0.25, -0.2) is 0 Å². The standard InChI is InChI=1S/C16H22N2O2/c19-13-15-7-4-10-18(11-15)12-16(20)17-9-8-14-5-2-1-3-6-14/h1-3,5-6,13,15H,4,7-12H2,(H,17,20). The third-order valence-corrected chi connectivity index (χ3v) is 3.68. The van der Waals surface area contributed by atoms with E-state index in [1.165, 1.54) is 5.56 Å². The number of nitrogens with zero attached hydrogens (tertiary/aromatic N) is 1. The smallest absolute Gasteiger partial charge is 0.234 e. The van der Waals surface area contributed by atoms with Crippen LogP contribution in [0.4, 0.5) is 0 Å². The van der Waals surface area contributed by atoms with Crippen LogP contribution in [0, 0.1) is 5.92 Å². The largest absolute Gasteiger partial charge is 0.355 e. The van der Waals surface area contributed by atoms with Crippen molar-refractivity contribution in [1.29, 1.82) is 0 Å². The van der Waals surface area contributed by atoms with Gasteiger partial charge in [0.05, 0.1) is 6.54 Å². The van der Waals surface area contributed by atoms with Crippen LogP contribution < -0.4 is 5.32 Å². The zero-order chi connectivity index (χ0) is 14.2. The summed E-state index contributed by atoms with van der Waals surface area (Å²) in [6.07, 6.45) is 3.82. The van der Waals surface area contributed by atoms with E-state index in [9.17, 15) is 9.59 Å². The van der Waals surface area contributed by atoms with Crippen molar-refractivity contribution in [3.8, 4) is 0 Å². The fourth-order valence-corrected chi connectivity index (χ4v) is 2.60. The van der Waals surface area contributed by atoms with Crippen molar-refractivity contribution in [1.82, 2.24) is 10.2 Å². The molecule has 1 aromatic rings. The maximum Gasteiger partial charge on any atom is 0.234 e. The van der Waals surface area contributed by atoms with Crippen LogP contribution in [0.5, 0.6) is 0 Å².